The van der Waals surface area contributed by atoms with Gasteiger partial charge in [0.15, 0.2) is 0 Å². The standard InChI is InChI=1S/C64H41N5/c1-4-15-43(16-5-1)56-39-47(40-57(66-56)44-17-6-2-7-18-44)42-26-30-49(31-27-42)67-58-23-12-10-21-51(58)53-37-45(28-33-60(53)67)46-29-34-61-54(38-46)52-22-11-13-24-59(52)69(61)50-32-35-62-55(41-50)64-63(25-14-36-65-64)68(62)48-19-8-3-9-20-48/h1-41H. The van der Waals surface area contributed by atoms with Gasteiger partial charge in [-0.1, -0.05) is 140 Å². The molecule has 0 fully saturated rings. The third-order valence-corrected chi connectivity index (χ3v) is 13.9. The Balaban J connectivity index is 0.858. The first-order valence-electron chi connectivity index (χ1n) is 23.5. The Morgan fingerprint density at radius 2 is 0.681 bits per heavy atom. The lowest BCUT2D eigenvalue weighted by atomic mass is 9.99. The number of hydrogen-bond donors (Lipinski definition) is 0. The van der Waals surface area contributed by atoms with Crippen molar-refractivity contribution in [3.8, 4) is 61.8 Å². The maximum Gasteiger partial charge on any atom is 0.0964 e. The van der Waals surface area contributed by atoms with Crippen molar-refractivity contribution < 1.29 is 0 Å². The molecule has 0 spiro atoms. The Hall–Kier alpha value is -9.32. The Labute approximate surface area is 398 Å². The zero-order valence-corrected chi connectivity index (χ0v) is 37.4. The van der Waals surface area contributed by atoms with Gasteiger partial charge in [-0.05, 0) is 125 Å². The van der Waals surface area contributed by atoms with Crippen LogP contribution < -0.4 is 0 Å². The maximum atomic E-state index is 5.11. The lowest BCUT2D eigenvalue weighted by Gasteiger charge is -2.12. The number of hydrogen-bond acceptors (Lipinski definition) is 2. The zero-order chi connectivity index (χ0) is 45.4. The minimum absolute atomic E-state index is 0.957. The highest BCUT2D eigenvalue weighted by molar-refractivity contribution is 6.14. The average molecular weight is 880 g/mol. The van der Waals surface area contributed by atoms with Crippen molar-refractivity contribution >= 4 is 65.5 Å². The van der Waals surface area contributed by atoms with E-state index in [2.05, 4.69) is 238 Å². The molecule has 0 N–H and O–H groups in total. The van der Waals surface area contributed by atoms with Gasteiger partial charge in [-0.3, -0.25) is 4.98 Å². The fourth-order valence-corrected chi connectivity index (χ4v) is 10.7. The van der Waals surface area contributed by atoms with Gasteiger partial charge in [-0.2, -0.15) is 0 Å². The van der Waals surface area contributed by atoms with E-state index in [1.165, 1.54) is 54.7 Å². The monoisotopic (exact) mass is 879 g/mol. The van der Waals surface area contributed by atoms with E-state index in [0.29, 0.717) is 0 Å². The molecule has 69 heavy (non-hydrogen) atoms. The maximum absolute atomic E-state index is 5.11. The first-order valence-corrected chi connectivity index (χ1v) is 23.5. The van der Waals surface area contributed by atoms with Gasteiger partial charge in [-0.15, -0.1) is 0 Å². The molecule has 5 aromatic heterocycles. The van der Waals surface area contributed by atoms with Gasteiger partial charge in [-0.25, -0.2) is 4.98 Å². The summed E-state index contributed by atoms with van der Waals surface area (Å²) in [5.74, 6) is 0. The molecule has 0 saturated heterocycles. The summed E-state index contributed by atoms with van der Waals surface area (Å²) < 4.78 is 7.12. The molecule has 9 aromatic carbocycles. The molecule has 0 atom stereocenters. The summed E-state index contributed by atoms with van der Waals surface area (Å²) >= 11 is 0. The molecular formula is C64H41N5. The fraction of sp³-hybridized carbons (Fsp3) is 0. The van der Waals surface area contributed by atoms with Crippen LogP contribution in [-0.4, -0.2) is 23.7 Å². The molecule has 0 bridgehead atoms. The van der Waals surface area contributed by atoms with Gasteiger partial charge in [0.2, 0.25) is 0 Å². The second kappa shape index (κ2) is 15.7. The number of aromatic nitrogens is 5. The molecule has 14 aromatic rings. The number of fused-ring (bicyclic) bond motifs is 9. The third-order valence-electron chi connectivity index (χ3n) is 13.9. The summed E-state index contributed by atoms with van der Waals surface area (Å²) in [7, 11) is 0. The van der Waals surface area contributed by atoms with Crippen molar-refractivity contribution in [2.45, 2.75) is 0 Å². The van der Waals surface area contributed by atoms with Crippen molar-refractivity contribution in [1.82, 2.24) is 23.7 Å². The quantitative estimate of drug-likeness (QED) is 0.160. The first kappa shape index (κ1) is 38.9. The van der Waals surface area contributed by atoms with Gasteiger partial charge in [0.05, 0.1) is 50.0 Å². The Bertz CT molecular complexity index is 4220. The van der Waals surface area contributed by atoms with Gasteiger partial charge >= 0.3 is 0 Å². The van der Waals surface area contributed by atoms with Crippen LogP contribution in [0.5, 0.6) is 0 Å². The predicted molar refractivity (Wildman–Crippen MR) is 287 cm³/mol. The third kappa shape index (κ3) is 6.32. The van der Waals surface area contributed by atoms with Crippen molar-refractivity contribution in [3.63, 3.8) is 0 Å². The highest BCUT2D eigenvalue weighted by Gasteiger charge is 2.19. The van der Waals surface area contributed by atoms with Gasteiger partial charge in [0.1, 0.15) is 0 Å². The summed E-state index contributed by atoms with van der Waals surface area (Å²) in [6, 6.07) is 87.3. The fourth-order valence-electron chi connectivity index (χ4n) is 10.7. The number of para-hydroxylation sites is 3. The Morgan fingerprint density at radius 1 is 0.246 bits per heavy atom. The van der Waals surface area contributed by atoms with Crippen molar-refractivity contribution in [3.05, 3.63) is 249 Å². The van der Waals surface area contributed by atoms with Crippen molar-refractivity contribution in [1.29, 1.82) is 0 Å². The SMILES string of the molecule is c1ccc(-c2cc(-c3ccc(-n4c5ccccc5c5cc(-c6ccc7c(c6)c6ccccc6n7-c6ccc7c(c6)c6ncccc6n7-c6ccccc6)ccc54)cc3)cc(-c3ccccc3)n2)cc1. The minimum atomic E-state index is 0.957. The number of benzene rings is 9. The first-order chi connectivity index (χ1) is 34.2. The molecule has 14 rings (SSSR count). The zero-order valence-electron chi connectivity index (χ0n) is 37.4. The number of rotatable bonds is 7. The van der Waals surface area contributed by atoms with E-state index in [-0.39, 0.29) is 0 Å². The van der Waals surface area contributed by atoms with Crippen LogP contribution in [0.3, 0.4) is 0 Å². The topological polar surface area (TPSA) is 40.6 Å². The molecule has 0 aliphatic heterocycles. The molecule has 0 saturated carbocycles. The molecule has 5 heteroatoms. The second-order valence-corrected chi connectivity index (χ2v) is 17.8. The largest absolute Gasteiger partial charge is 0.309 e. The van der Waals surface area contributed by atoms with E-state index >= 15 is 0 Å². The van der Waals surface area contributed by atoms with Crippen LogP contribution in [0.2, 0.25) is 0 Å². The van der Waals surface area contributed by atoms with Crippen molar-refractivity contribution in [2.75, 3.05) is 0 Å². The van der Waals surface area contributed by atoms with Gasteiger partial charge < -0.3 is 13.7 Å². The predicted octanol–water partition coefficient (Wildman–Crippen LogP) is 16.4. The average Bonchev–Trinajstić information content (AvgIpc) is 4.06. The summed E-state index contributed by atoms with van der Waals surface area (Å²) in [6.07, 6.45) is 1.89. The second-order valence-electron chi connectivity index (χ2n) is 17.8. The van der Waals surface area contributed by atoms with E-state index in [1.54, 1.807) is 0 Å². The highest BCUT2D eigenvalue weighted by Crippen LogP contribution is 2.40. The van der Waals surface area contributed by atoms with E-state index in [9.17, 15) is 0 Å². The summed E-state index contributed by atoms with van der Waals surface area (Å²) in [5, 5.41) is 6.02. The van der Waals surface area contributed by atoms with E-state index in [4.69, 9.17) is 9.97 Å². The van der Waals surface area contributed by atoms with Gasteiger partial charge in [0, 0.05) is 61.3 Å². The summed E-state index contributed by atoms with van der Waals surface area (Å²) in [4.78, 5) is 10.0. The summed E-state index contributed by atoms with van der Waals surface area (Å²) in [5.41, 5.74) is 20.0. The lowest BCUT2D eigenvalue weighted by Crippen LogP contribution is -1.95. The van der Waals surface area contributed by atoms with Crippen LogP contribution in [0.1, 0.15) is 0 Å². The number of pyridine rings is 2. The van der Waals surface area contributed by atoms with Crippen LogP contribution in [-0.2, 0) is 0 Å². The Kier molecular flexibility index (Phi) is 8.83. The molecule has 5 heterocycles. The van der Waals surface area contributed by atoms with Crippen LogP contribution in [0.4, 0.5) is 0 Å². The van der Waals surface area contributed by atoms with E-state index in [1.807, 2.05) is 24.4 Å². The normalized spacial score (nSPS) is 11.8. The summed E-state index contributed by atoms with van der Waals surface area (Å²) in [6.45, 7) is 0. The minimum Gasteiger partial charge on any atom is -0.309 e. The molecule has 0 amide bonds. The molecule has 5 nitrogen and oxygen atoms in total. The lowest BCUT2D eigenvalue weighted by molar-refractivity contribution is 1.16. The Morgan fingerprint density at radius 3 is 1.29 bits per heavy atom. The number of nitrogens with zero attached hydrogens (tertiary/aromatic N) is 5. The molecule has 0 aliphatic carbocycles. The van der Waals surface area contributed by atoms with Crippen LogP contribution in [0, 0.1) is 0 Å². The highest BCUT2D eigenvalue weighted by atomic mass is 15.0. The molecule has 0 radical (unpaired) electrons. The van der Waals surface area contributed by atoms with Crippen LogP contribution >= 0.6 is 0 Å². The molecular weight excluding hydrogens is 839 g/mol. The van der Waals surface area contributed by atoms with E-state index in [0.717, 1.165) is 72.6 Å². The molecule has 0 aliphatic rings. The van der Waals surface area contributed by atoms with Crippen molar-refractivity contribution in [2.24, 2.45) is 0 Å². The van der Waals surface area contributed by atoms with E-state index < -0.39 is 0 Å². The smallest absolute Gasteiger partial charge is 0.0964 e. The van der Waals surface area contributed by atoms with Crippen LogP contribution in [0.25, 0.3) is 127 Å². The molecule has 0 unspecified atom stereocenters. The molecule has 322 valence electrons. The van der Waals surface area contributed by atoms with Gasteiger partial charge in [0.25, 0.3) is 0 Å². The van der Waals surface area contributed by atoms with Crippen LogP contribution in [0.15, 0.2) is 249 Å².